The van der Waals surface area contributed by atoms with E-state index in [1.54, 1.807) is 6.07 Å². The van der Waals surface area contributed by atoms with E-state index in [0.29, 0.717) is 17.9 Å². The molecule has 0 bridgehead atoms. The van der Waals surface area contributed by atoms with Crippen LogP contribution in [0.15, 0.2) is 57.4 Å². The summed E-state index contributed by atoms with van der Waals surface area (Å²) in [5, 5.41) is 3.75. The van der Waals surface area contributed by atoms with Gasteiger partial charge in [-0.25, -0.2) is 0 Å². The summed E-state index contributed by atoms with van der Waals surface area (Å²) in [7, 11) is 0. The summed E-state index contributed by atoms with van der Waals surface area (Å²) < 4.78 is 12.1. The average Bonchev–Trinajstić information content (AvgIpc) is 2.99. The van der Waals surface area contributed by atoms with Crippen LogP contribution in [0.25, 0.3) is 11.0 Å². The zero-order valence-electron chi connectivity index (χ0n) is 13.5. The number of benzene rings is 2. The van der Waals surface area contributed by atoms with Crippen LogP contribution in [0.2, 0.25) is 0 Å². The number of amides is 1. The molecule has 0 radical (unpaired) electrons. The lowest BCUT2D eigenvalue weighted by Gasteiger charge is -2.09. The van der Waals surface area contributed by atoms with Crippen LogP contribution in [0.3, 0.4) is 0 Å². The molecule has 0 unspecified atom stereocenters. The van der Waals surface area contributed by atoms with Gasteiger partial charge in [0.05, 0.1) is 17.2 Å². The fourth-order valence-electron chi connectivity index (χ4n) is 2.33. The molecule has 0 saturated carbocycles. The minimum absolute atomic E-state index is 0.164. The Morgan fingerprint density at radius 2 is 2.00 bits per heavy atom. The maximum Gasteiger partial charge on any atom is 0.291 e. The molecule has 0 spiro atoms. The molecule has 0 aliphatic rings. The molecule has 0 aliphatic carbocycles. The summed E-state index contributed by atoms with van der Waals surface area (Å²) in [6.45, 7) is 4.50. The van der Waals surface area contributed by atoms with Crippen molar-refractivity contribution in [2.75, 3.05) is 5.32 Å². The number of fused-ring (bicyclic) bond motifs is 1. The van der Waals surface area contributed by atoms with Gasteiger partial charge in [-0.2, -0.15) is 0 Å². The van der Waals surface area contributed by atoms with Crippen molar-refractivity contribution in [2.45, 2.75) is 26.6 Å². The van der Waals surface area contributed by atoms with Crippen LogP contribution in [-0.4, -0.2) is 12.0 Å². The highest BCUT2D eigenvalue weighted by Gasteiger charge is 2.14. The fraction of sp³-hybridized carbons (Fsp3) is 0.211. The van der Waals surface area contributed by atoms with Gasteiger partial charge in [-0.15, -0.1) is 0 Å². The van der Waals surface area contributed by atoms with E-state index < -0.39 is 0 Å². The van der Waals surface area contributed by atoms with Gasteiger partial charge in [-0.3, -0.25) is 4.79 Å². The van der Waals surface area contributed by atoms with Crippen LogP contribution in [-0.2, 0) is 11.3 Å². The molecule has 3 aromatic rings. The number of anilines is 1. The molecule has 0 atom stereocenters. The van der Waals surface area contributed by atoms with Crippen molar-refractivity contribution < 1.29 is 13.9 Å². The molecule has 0 saturated heterocycles. The number of halogens is 1. The first-order valence-corrected chi connectivity index (χ1v) is 8.52. The molecular formula is C19H18BrNO3. The van der Waals surface area contributed by atoms with Crippen LogP contribution in [0.1, 0.15) is 30.0 Å². The lowest BCUT2D eigenvalue weighted by molar-refractivity contribution is 0.0657. The predicted octanol–water partition coefficient (Wildman–Crippen LogP) is 5.37. The molecule has 24 heavy (non-hydrogen) atoms. The molecule has 1 heterocycles. The van der Waals surface area contributed by atoms with Crippen LogP contribution in [0.5, 0.6) is 0 Å². The van der Waals surface area contributed by atoms with Crippen LogP contribution in [0.4, 0.5) is 5.69 Å². The Hall–Kier alpha value is -2.11. The first-order chi connectivity index (χ1) is 11.5. The van der Waals surface area contributed by atoms with Gasteiger partial charge >= 0.3 is 0 Å². The highest BCUT2D eigenvalue weighted by molar-refractivity contribution is 9.10. The fourth-order valence-corrected chi connectivity index (χ4v) is 2.80. The number of furan rings is 1. The SMILES string of the molecule is CC(C)OCc1cccc(NC(=O)c2cc3cccc(Br)c3o2)c1. The number of rotatable bonds is 5. The standard InChI is InChI=1S/C19H18BrNO3/c1-12(2)23-11-13-5-3-7-15(9-13)21-19(22)17-10-14-6-4-8-16(20)18(14)24-17/h3-10,12H,11H2,1-2H3,(H,21,22). The van der Waals surface area contributed by atoms with E-state index in [9.17, 15) is 4.79 Å². The summed E-state index contributed by atoms with van der Waals surface area (Å²) in [4.78, 5) is 12.4. The minimum atomic E-state index is -0.278. The topological polar surface area (TPSA) is 51.5 Å². The zero-order chi connectivity index (χ0) is 17.1. The molecule has 5 heteroatoms. The maximum atomic E-state index is 12.4. The highest BCUT2D eigenvalue weighted by Crippen LogP contribution is 2.27. The van der Waals surface area contributed by atoms with Gasteiger partial charge in [0, 0.05) is 11.1 Å². The zero-order valence-corrected chi connectivity index (χ0v) is 15.1. The van der Waals surface area contributed by atoms with Crippen LogP contribution >= 0.6 is 15.9 Å². The second kappa shape index (κ2) is 7.20. The molecule has 4 nitrogen and oxygen atoms in total. The largest absolute Gasteiger partial charge is 0.450 e. The molecule has 0 fully saturated rings. The van der Waals surface area contributed by atoms with Crippen molar-refractivity contribution in [3.63, 3.8) is 0 Å². The lowest BCUT2D eigenvalue weighted by Crippen LogP contribution is -2.11. The Kier molecular flexibility index (Phi) is 5.02. The summed E-state index contributed by atoms with van der Waals surface area (Å²) in [6, 6.07) is 15.0. The molecule has 1 N–H and O–H groups in total. The quantitative estimate of drug-likeness (QED) is 0.639. The van der Waals surface area contributed by atoms with E-state index in [0.717, 1.165) is 15.4 Å². The van der Waals surface area contributed by atoms with E-state index in [-0.39, 0.29) is 17.8 Å². The van der Waals surface area contributed by atoms with Gasteiger partial charge in [0.2, 0.25) is 0 Å². The minimum Gasteiger partial charge on any atom is -0.450 e. The molecule has 1 aromatic heterocycles. The number of hydrogen-bond acceptors (Lipinski definition) is 3. The van der Waals surface area contributed by atoms with Crippen LogP contribution in [0, 0.1) is 0 Å². The van der Waals surface area contributed by atoms with Gasteiger partial charge in [0.15, 0.2) is 5.76 Å². The van der Waals surface area contributed by atoms with Crippen molar-refractivity contribution in [3.8, 4) is 0 Å². The molecule has 124 valence electrons. The Morgan fingerprint density at radius 3 is 2.75 bits per heavy atom. The average molecular weight is 388 g/mol. The Labute approximate surface area is 148 Å². The predicted molar refractivity (Wildman–Crippen MR) is 98.2 cm³/mol. The van der Waals surface area contributed by atoms with E-state index >= 15 is 0 Å². The number of ether oxygens (including phenoxy) is 1. The third-order valence-corrected chi connectivity index (χ3v) is 4.11. The molecule has 2 aromatic carbocycles. The monoisotopic (exact) mass is 387 g/mol. The normalized spacial score (nSPS) is 11.2. The highest BCUT2D eigenvalue weighted by atomic mass is 79.9. The second-order valence-electron chi connectivity index (χ2n) is 5.78. The van der Waals surface area contributed by atoms with Gasteiger partial charge < -0.3 is 14.5 Å². The second-order valence-corrected chi connectivity index (χ2v) is 6.64. The van der Waals surface area contributed by atoms with E-state index in [1.165, 1.54) is 0 Å². The Balaban J connectivity index is 1.76. The van der Waals surface area contributed by atoms with Gasteiger partial charge in [-0.1, -0.05) is 24.3 Å². The van der Waals surface area contributed by atoms with Crippen molar-refractivity contribution >= 4 is 38.5 Å². The van der Waals surface area contributed by atoms with Gasteiger partial charge in [-0.05, 0) is 59.6 Å². The molecular weight excluding hydrogens is 370 g/mol. The molecule has 3 rings (SSSR count). The van der Waals surface area contributed by atoms with Crippen molar-refractivity contribution in [1.29, 1.82) is 0 Å². The first kappa shape index (κ1) is 16.7. The van der Waals surface area contributed by atoms with E-state index in [2.05, 4.69) is 21.2 Å². The summed E-state index contributed by atoms with van der Waals surface area (Å²) >= 11 is 3.43. The van der Waals surface area contributed by atoms with Gasteiger partial charge in [0.25, 0.3) is 5.91 Å². The van der Waals surface area contributed by atoms with E-state index in [4.69, 9.17) is 9.15 Å². The number of nitrogens with one attached hydrogen (secondary N) is 1. The smallest absolute Gasteiger partial charge is 0.291 e. The summed E-state index contributed by atoms with van der Waals surface area (Å²) in [5.41, 5.74) is 2.39. The Morgan fingerprint density at radius 1 is 1.21 bits per heavy atom. The molecule has 1 amide bonds. The first-order valence-electron chi connectivity index (χ1n) is 7.73. The number of para-hydroxylation sites is 1. The number of hydrogen-bond donors (Lipinski definition) is 1. The summed E-state index contributed by atoms with van der Waals surface area (Å²) in [6.07, 6.45) is 0.164. The number of carbonyl (C=O) groups is 1. The maximum absolute atomic E-state index is 12.4. The number of carbonyl (C=O) groups excluding carboxylic acids is 1. The summed E-state index contributed by atoms with van der Waals surface area (Å²) in [5.74, 6) is 0.000705. The van der Waals surface area contributed by atoms with Crippen LogP contribution < -0.4 is 5.32 Å². The molecule has 0 aliphatic heterocycles. The van der Waals surface area contributed by atoms with E-state index in [1.807, 2.05) is 56.3 Å². The van der Waals surface area contributed by atoms with Gasteiger partial charge in [0.1, 0.15) is 5.58 Å². The lowest BCUT2D eigenvalue weighted by atomic mass is 10.2. The third kappa shape index (κ3) is 3.86. The Bertz CT molecular complexity index is 870. The third-order valence-electron chi connectivity index (χ3n) is 3.49. The van der Waals surface area contributed by atoms with Crippen molar-refractivity contribution in [3.05, 3.63) is 64.3 Å². The van der Waals surface area contributed by atoms with Crippen molar-refractivity contribution in [2.24, 2.45) is 0 Å². The van der Waals surface area contributed by atoms with Crippen molar-refractivity contribution in [1.82, 2.24) is 0 Å².